The summed E-state index contributed by atoms with van der Waals surface area (Å²) in [7, 11) is 0. The lowest BCUT2D eigenvalue weighted by Gasteiger charge is -2.31. The molecule has 3 aromatic heterocycles. The van der Waals surface area contributed by atoms with Crippen LogP contribution in [0.25, 0.3) is 5.65 Å². The first kappa shape index (κ1) is 18.4. The molecule has 3 aromatic rings. The Morgan fingerprint density at radius 2 is 2.07 bits per heavy atom. The average molecular weight is 383 g/mol. The number of aromatic amines is 1. The molecule has 9 heteroatoms. The van der Waals surface area contributed by atoms with E-state index >= 15 is 0 Å². The van der Waals surface area contributed by atoms with Crippen LogP contribution in [0.4, 0.5) is 0 Å². The number of nitrogens with one attached hydrogen (secondary N) is 1. The first-order valence-corrected chi connectivity index (χ1v) is 9.54. The van der Waals surface area contributed by atoms with E-state index in [1.54, 1.807) is 9.42 Å². The maximum absolute atomic E-state index is 12.3. The van der Waals surface area contributed by atoms with E-state index in [0.717, 1.165) is 24.2 Å². The number of hydrogen-bond donors (Lipinski definition) is 1. The Morgan fingerprint density at radius 3 is 2.75 bits per heavy atom. The number of nitrogens with zero attached hydrogens (tertiary/aromatic N) is 6. The number of H-pyrrole nitrogens is 1. The maximum atomic E-state index is 12.3. The molecule has 1 aliphatic rings. The van der Waals surface area contributed by atoms with Gasteiger partial charge in [0.1, 0.15) is 6.33 Å². The Kier molecular flexibility index (Phi) is 4.74. The van der Waals surface area contributed by atoms with Crippen LogP contribution in [0.15, 0.2) is 24.7 Å². The van der Waals surface area contributed by atoms with Crippen LogP contribution >= 0.6 is 0 Å². The molecule has 0 aliphatic carbocycles. The minimum absolute atomic E-state index is 0.0220. The zero-order chi connectivity index (χ0) is 19.7. The van der Waals surface area contributed by atoms with Crippen LogP contribution in [0.3, 0.4) is 0 Å². The van der Waals surface area contributed by atoms with Gasteiger partial charge in [-0.2, -0.15) is 5.10 Å². The van der Waals surface area contributed by atoms with Gasteiger partial charge in [0.25, 0.3) is 5.91 Å². The largest absolute Gasteiger partial charge is 0.476 e. The minimum Gasteiger partial charge on any atom is -0.476 e. The Bertz CT molecular complexity index is 950. The summed E-state index contributed by atoms with van der Waals surface area (Å²) in [4.78, 5) is 22.6. The van der Waals surface area contributed by atoms with Gasteiger partial charge in [-0.3, -0.25) is 9.89 Å². The molecule has 1 aliphatic heterocycles. The lowest BCUT2D eigenvalue weighted by Crippen LogP contribution is -2.40. The molecule has 1 fully saturated rings. The van der Waals surface area contributed by atoms with Gasteiger partial charge in [-0.25, -0.2) is 14.5 Å². The minimum atomic E-state index is -0.0984. The summed E-state index contributed by atoms with van der Waals surface area (Å²) in [5.74, 6) is 1.18. The van der Waals surface area contributed by atoms with E-state index in [1.165, 1.54) is 6.33 Å². The molecule has 0 atom stereocenters. The Labute approximate surface area is 163 Å². The van der Waals surface area contributed by atoms with Gasteiger partial charge in [0.05, 0.1) is 18.5 Å². The van der Waals surface area contributed by atoms with Crippen LogP contribution in [0.2, 0.25) is 0 Å². The Balaban J connectivity index is 1.32. The van der Waals surface area contributed by atoms with Gasteiger partial charge in [-0.1, -0.05) is 20.8 Å². The SMILES string of the molecule is CC(C)(C)c1cn2nc(OCC3CCN(C(=O)c4ncn[nH]4)CC3)ccc2n1. The molecule has 0 aromatic carbocycles. The van der Waals surface area contributed by atoms with Crippen LogP contribution in [0.5, 0.6) is 5.88 Å². The summed E-state index contributed by atoms with van der Waals surface area (Å²) < 4.78 is 7.70. The summed E-state index contributed by atoms with van der Waals surface area (Å²) in [6, 6.07) is 3.79. The van der Waals surface area contributed by atoms with Crippen molar-refractivity contribution < 1.29 is 9.53 Å². The van der Waals surface area contributed by atoms with Crippen LogP contribution in [-0.2, 0) is 5.41 Å². The number of hydrogen-bond acceptors (Lipinski definition) is 6. The fourth-order valence-electron chi connectivity index (χ4n) is 3.27. The van der Waals surface area contributed by atoms with Crippen molar-refractivity contribution in [1.29, 1.82) is 0 Å². The molecular weight excluding hydrogens is 358 g/mol. The van der Waals surface area contributed by atoms with Gasteiger partial charge in [0, 0.05) is 24.6 Å². The first-order valence-electron chi connectivity index (χ1n) is 9.54. The molecule has 0 unspecified atom stereocenters. The van der Waals surface area contributed by atoms with Gasteiger partial charge in [-0.15, -0.1) is 5.10 Å². The summed E-state index contributed by atoms with van der Waals surface area (Å²) in [6.07, 6.45) is 5.08. The molecule has 1 saturated heterocycles. The molecule has 28 heavy (non-hydrogen) atoms. The van der Waals surface area contributed by atoms with E-state index in [1.807, 2.05) is 18.3 Å². The number of rotatable bonds is 4. The number of imidazole rings is 1. The van der Waals surface area contributed by atoms with Crippen molar-refractivity contribution >= 4 is 11.6 Å². The van der Waals surface area contributed by atoms with Crippen molar-refractivity contribution in [2.24, 2.45) is 5.92 Å². The summed E-state index contributed by atoms with van der Waals surface area (Å²) in [5.41, 5.74) is 1.80. The topological polar surface area (TPSA) is 101 Å². The monoisotopic (exact) mass is 383 g/mol. The molecule has 148 valence electrons. The second-order valence-corrected chi connectivity index (χ2v) is 8.23. The highest BCUT2D eigenvalue weighted by molar-refractivity contribution is 5.90. The Hall–Kier alpha value is -2.97. The zero-order valence-corrected chi connectivity index (χ0v) is 16.4. The standard InChI is InChI=1S/C19H25N7O2/c1-19(2,3)14-10-26-15(22-14)4-5-16(24-26)28-11-13-6-8-25(9-7-13)18(27)17-20-12-21-23-17/h4-5,10,12-13H,6-9,11H2,1-3H3,(H,20,21,23). The van der Waals surface area contributed by atoms with Crippen LogP contribution < -0.4 is 4.74 Å². The number of piperidine rings is 1. The van der Waals surface area contributed by atoms with Crippen molar-refractivity contribution in [2.75, 3.05) is 19.7 Å². The quantitative estimate of drug-likeness (QED) is 0.740. The lowest BCUT2D eigenvalue weighted by atomic mass is 9.93. The first-order chi connectivity index (χ1) is 13.4. The van der Waals surface area contributed by atoms with Crippen LogP contribution in [0.1, 0.15) is 49.9 Å². The van der Waals surface area contributed by atoms with E-state index in [2.05, 4.69) is 46.0 Å². The second-order valence-electron chi connectivity index (χ2n) is 8.23. The number of carbonyl (C=O) groups is 1. The fraction of sp³-hybridized carbons (Fsp3) is 0.526. The molecule has 0 spiro atoms. The normalized spacial score (nSPS) is 15.9. The van der Waals surface area contributed by atoms with Gasteiger partial charge in [-0.05, 0) is 24.8 Å². The van der Waals surface area contributed by atoms with Crippen LogP contribution in [-0.4, -0.2) is 60.3 Å². The third-order valence-electron chi connectivity index (χ3n) is 5.05. The smallest absolute Gasteiger partial charge is 0.291 e. The van der Waals surface area contributed by atoms with E-state index in [9.17, 15) is 4.79 Å². The van der Waals surface area contributed by atoms with Crippen molar-refractivity contribution in [2.45, 2.75) is 39.0 Å². The van der Waals surface area contributed by atoms with E-state index in [-0.39, 0.29) is 11.3 Å². The third kappa shape index (κ3) is 3.83. The molecular formula is C19H25N7O2. The molecule has 0 saturated carbocycles. The summed E-state index contributed by atoms with van der Waals surface area (Å²) >= 11 is 0. The predicted molar refractivity (Wildman–Crippen MR) is 102 cm³/mol. The van der Waals surface area contributed by atoms with Crippen molar-refractivity contribution in [3.8, 4) is 5.88 Å². The number of amides is 1. The third-order valence-corrected chi connectivity index (χ3v) is 5.05. The molecule has 1 amide bonds. The van der Waals surface area contributed by atoms with Crippen LogP contribution in [0, 0.1) is 5.92 Å². The van der Waals surface area contributed by atoms with Crippen molar-refractivity contribution in [3.63, 3.8) is 0 Å². The predicted octanol–water partition coefficient (Wildman–Crippen LogP) is 2.08. The highest BCUT2D eigenvalue weighted by Crippen LogP contribution is 2.23. The molecule has 4 rings (SSSR count). The number of likely N-dealkylation sites (tertiary alicyclic amines) is 1. The Morgan fingerprint density at radius 1 is 1.29 bits per heavy atom. The second kappa shape index (κ2) is 7.21. The van der Waals surface area contributed by atoms with E-state index in [4.69, 9.17) is 4.74 Å². The maximum Gasteiger partial charge on any atom is 0.291 e. The highest BCUT2D eigenvalue weighted by Gasteiger charge is 2.25. The highest BCUT2D eigenvalue weighted by atomic mass is 16.5. The van der Waals surface area contributed by atoms with Gasteiger partial charge in [0.15, 0.2) is 5.65 Å². The zero-order valence-electron chi connectivity index (χ0n) is 16.4. The van der Waals surface area contributed by atoms with Gasteiger partial charge in [0.2, 0.25) is 11.7 Å². The van der Waals surface area contributed by atoms with Crippen molar-refractivity contribution in [1.82, 2.24) is 34.7 Å². The summed E-state index contributed by atoms with van der Waals surface area (Å²) in [6.45, 7) is 8.36. The number of ether oxygens (including phenoxy) is 1. The molecule has 4 heterocycles. The average Bonchev–Trinajstić information content (AvgIpc) is 3.35. The van der Waals surface area contributed by atoms with E-state index in [0.29, 0.717) is 37.3 Å². The van der Waals surface area contributed by atoms with Gasteiger partial charge < -0.3 is 9.64 Å². The molecule has 9 nitrogen and oxygen atoms in total. The lowest BCUT2D eigenvalue weighted by molar-refractivity contribution is 0.0647. The van der Waals surface area contributed by atoms with Gasteiger partial charge >= 0.3 is 0 Å². The number of fused-ring (bicyclic) bond motifs is 1. The molecule has 0 radical (unpaired) electrons. The number of carbonyl (C=O) groups excluding carboxylic acids is 1. The summed E-state index contributed by atoms with van der Waals surface area (Å²) in [5, 5.41) is 10.9. The molecule has 0 bridgehead atoms. The van der Waals surface area contributed by atoms with E-state index < -0.39 is 0 Å². The fourth-order valence-corrected chi connectivity index (χ4v) is 3.27. The van der Waals surface area contributed by atoms with Crippen molar-refractivity contribution in [3.05, 3.63) is 36.2 Å². The number of aromatic nitrogens is 6. The molecule has 1 N–H and O–H groups in total.